The van der Waals surface area contributed by atoms with Gasteiger partial charge in [0.2, 0.25) is 0 Å². The van der Waals surface area contributed by atoms with E-state index in [9.17, 15) is 13.2 Å². The van der Waals surface area contributed by atoms with E-state index in [1.54, 1.807) is 49.4 Å². The molecule has 2 aromatic carbocycles. The lowest BCUT2D eigenvalue weighted by Gasteiger charge is -2.15. The second kappa shape index (κ2) is 8.10. The minimum absolute atomic E-state index is 0.0532. The van der Waals surface area contributed by atoms with E-state index in [0.717, 1.165) is 25.0 Å². The zero-order chi connectivity index (χ0) is 19.4. The summed E-state index contributed by atoms with van der Waals surface area (Å²) in [5.41, 5.74) is 2.39. The molecule has 1 amide bonds. The molecule has 1 saturated heterocycles. The van der Waals surface area contributed by atoms with Crippen molar-refractivity contribution in [1.29, 1.82) is 0 Å². The molecule has 2 aromatic rings. The van der Waals surface area contributed by atoms with Gasteiger partial charge in [-0.05, 0) is 56.5 Å². The highest BCUT2D eigenvalue weighted by Gasteiger charge is 2.20. The van der Waals surface area contributed by atoms with E-state index in [-0.39, 0.29) is 16.9 Å². The van der Waals surface area contributed by atoms with E-state index in [1.807, 2.05) is 6.92 Å². The number of carbonyl (C=O) groups excluding carboxylic acids is 1. The van der Waals surface area contributed by atoms with Gasteiger partial charge >= 0.3 is 0 Å². The number of sulfonamides is 1. The molecular weight excluding hydrogens is 364 g/mol. The van der Waals surface area contributed by atoms with Gasteiger partial charge in [0.05, 0.1) is 16.7 Å². The topological polar surface area (TPSA) is 84.5 Å². The molecule has 3 rings (SSSR count). The van der Waals surface area contributed by atoms with Gasteiger partial charge in [0.15, 0.2) is 0 Å². The number of aryl methyl sites for hydroxylation is 1. The molecule has 7 heteroatoms. The Morgan fingerprint density at radius 2 is 1.89 bits per heavy atom. The molecule has 1 heterocycles. The van der Waals surface area contributed by atoms with E-state index in [0.29, 0.717) is 23.4 Å². The van der Waals surface area contributed by atoms with Crippen molar-refractivity contribution in [2.24, 2.45) is 0 Å². The molecule has 0 saturated carbocycles. The number of rotatable bonds is 6. The van der Waals surface area contributed by atoms with Gasteiger partial charge in [-0.2, -0.15) is 0 Å². The smallest absolute Gasteiger partial charge is 0.261 e. The van der Waals surface area contributed by atoms with E-state index in [1.165, 1.54) is 0 Å². The normalized spacial score (nSPS) is 16.9. The van der Waals surface area contributed by atoms with E-state index < -0.39 is 10.0 Å². The standard InChI is InChI=1S/C20H24N2O4S/c1-14-8-10-17(11-9-14)27(24,25)22-19-7-3-6-18(15(19)2)20(23)21-13-16-5-4-12-26-16/h3,6-11,16,22H,4-5,12-13H2,1-2H3,(H,21,23)/t16-/m0/s1. The van der Waals surface area contributed by atoms with Gasteiger partial charge in [-0.15, -0.1) is 0 Å². The summed E-state index contributed by atoms with van der Waals surface area (Å²) in [6, 6.07) is 11.6. The summed E-state index contributed by atoms with van der Waals surface area (Å²) in [4.78, 5) is 12.7. The third kappa shape index (κ3) is 4.67. The first kappa shape index (κ1) is 19.4. The molecule has 27 heavy (non-hydrogen) atoms. The van der Waals surface area contributed by atoms with Crippen LogP contribution in [-0.4, -0.2) is 33.6 Å². The van der Waals surface area contributed by atoms with Crippen LogP contribution in [0, 0.1) is 13.8 Å². The zero-order valence-electron chi connectivity index (χ0n) is 15.5. The number of amides is 1. The predicted molar refractivity (Wildman–Crippen MR) is 104 cm³/mol. The van der Waals surface area contributed by atoms with Crippen molar-refractivity contribution in [3.63, 3.8) is 0 Å². The first-order valence-electron chi connectivity index (χ1n) is 8.96. The first-order valence-corrected chi connectivity index (χ1v) is 10.4. The number of ether oxygens (including phenoxy) is 1. The Morgan fingerprint density at radius 3 is 2.56 bits per heavy atom. The lowest BCUT2D eigenvalue weighted by Crippen LogP contribution is -2.32. The maximum atomic E-state index is 12.6. The van der Waals surface area contributed by atoms with Crippen LogP contribution in [0.3, 0.4) is 0 Å². The molecule has 1 fully saturated rings. The van der Waals surface area contributed by atoms with Gasteiger partial charge in [0.1, 0.15) is 0 Å². The largest absolute Gasteiger partial charge is 0.376 e. The Labute approximate surface area is 160 Å². The number of hydrogen-bond donors (Lipinski definition) is 2. The molecule has 0 unspecified atom stereocenters. The average molecular weight is 388 g/mol. The number of anilines is 1. The third-order valence-corrected chi connectivity index (χ3v) is 6.05. The molecule has 0 aliphatic carbocycles. The number of benzene rings is 2. The Bertz CT molecular complexity index is 917. The van der Waals surface area contributed by atoms with Crippen molar-refractivity contribution >= 4 is 21.6 Å². The van der Waals surface area contributed by atoms with Gasteiger partial charge in [0.25, 0.3) is 15.9 Å². The van der Waals surface area contributed by atoms with Crippen LogP contribution >= 0.6 is 0 Å². The Balaban J connectivity index is 1.75. The van der Waals surface area contributed by atoms with Crippen LogP contribution in [0.25, 0.3) is 0 Å². The van der Waals surface area contributed by atoms with E-state index >= 15 is 0 Å². The van der Waals surface area contributed by atoms with Gasteiger partial charge < -0.3 is 10.1 Å². The Morgan fingerprint density at radius 1 is 1.15 bits per heavy atom. The van der Waals surface area contributed by atoms with Gasteiger partial charge in [-0.25, -0.2) is 8.42 Å². The molecule has 2 N–H and O–H groups in total. The second-order valence-corrected chi connectivity index (χ2v) is 8.42. The predicted octanol–water partition coefficient (Wildman–Crippen LogP) is 3.01. The fourth-order valence-electron chi connectivity index (χ4n) is 3.02. The highest BCUT2D eigenvalue weighted by atomic mass is 32.2. The summed E-state index contributed by atoms with van der Waals surface area (Å²) in [5.74, 6) is -0.237. The van der Waals surface area contributed by atoms with Crippen LogP contribution in [0.4, 0.5) is 5.69 Å². The van der Waals surface area contributed by atoms with Crippen LogP contribution in [0.15, 0.2) is 47.4 Å². The van der Waals surface area contributed by atoms with Gasteiger partial charge in [0, 0.05) is 18.7 Å². The molecule has 0 radical (unpaired) electrons. The van der Waals surface area contributed by atoms with E-state index in [2.05, 4.69) is 10.0 Å². The molecule has 1 aliphatic heterocycles. The van der Waals surface area contributed by atoms with Crippen molar-refractivity contribution in [2.45, 2.75) is 37.7 Å². The van der Waals surface area contributed by atoms with Gasteiger partial charge in [-0.3, -0.25) is 9.52 Å². The van der Waals surface area contributed by atoms with Crippen LogP contribution < -0.4 is 10.0 Å². The number of carbonyl (C=O) groups is 1. The van der Waals surface area contributed by atoms with Gasteiger partial charge in [-0.1, -0.05) is 23.8 Å². The van der Waals surface area contributed by atoms with Crippen LogP contribution in [0.5, 0.6) is 0 Å². The monoisotopic (exact) mass is 388 g/mol. The summed E-state index contributed by atoms with van der Waals surface area (Å²) in [7, 11) is -3.72. The molecule has 1 aliphatic rings. The third-order valence-electron chi connectivity index (χ3n) is 4.67. The summed E-state index contributed by atoms with van der Waals surface area (Å²) in [6.45, 7) is 4.81. The van der Waals surface area contributed by atoms with E-state index in [4.69, 9.17) is 4.74 Å². The Hall–Kier alpha value is -2.38. The molecular formula is C20H24N2O4S. The highest BCUT2D eigenvalue weighted by molar-refractivity contribution is 7.92. The zero-order valence-corrected chi connectivity index (χ0v) is 16.3. The van der Waals surface area contributed by atoms with Crippen molar-refractivity contribution < 1.29 is 17.9 Å². The fraction of sp³-hybridized carbons (Fsp3) is 0.350. The highest BCUT2D eigenvalue weighted by Crippen LogP contribution is 2.23. The molecule has 0 spiro atoms. The minimum Gasteiger partial charge on any atom is -0.376 e. The minimum atomic E-state index is -3.72. The summed E-state index contributed by atoms with van der Waals surface area (Å²) >= 11 is 0. The quantitative estimate of drug-likeness (QED) is 0.797. The molecule has 144 valence electrons. The lowest BCUT2D eigenvalue weighted by atomic mass is 10.1. The number of hydrogen-bond acceptors (Lipinski definition) is 4. The SMILES string of the molecule is Cc1ccc(S(=O)(=O)Nc2cccc(C(=O)NC[C@@H]3CCCO3)c2C)cc1. The maximum absolute atomic E-state index is 12.6. The van der Waals surface area contributed by atoms with Crippen LogP contribution in [0.1, 0.15) is 34.3 Å². The molecule has 6 nitrogen and oxygen atoms in total. The van der Waals surface area contributed by atoms with Crippen molar-refractivity contribution in [3.8, 4) is 0 Å². The van der Waals surface area contributed by atoms with Crippen molar-refractivity contribution in [2.75, 3.05) is 17.9 Å². The fourth-order valence-corrected chi connectivity index (χ4v) is 4.14. The lowest BCUT2D eigenvalue weighted by molar-refractivity contribution is 0.0857. The summed E-state index contributed by atoms with van der Waals surface area (Å²) < 4.78 is 33.3. The van der Waals surface area contributed by atoms with Crippen molar-refractivity contribution in [1.82, 2.24) is 5.32 Å². The second-order valence-electron chi connectivity index (χ2n) is 6.74. The summed E-state index contributed by atoms with van der Waals surface area (Å²) in [5, 5.41) is 2.87. The van der Waals surface area contributed by atoms with Crippen molar-refractivity contribution in [3.05, 3.63) is 59.2 Å². The molecule has 0 aromatic heterocycles. The first-order chi connectivity index (χ1) is 12.9. The number of nitrogens with one attached hydrogen (secondary N) is 2. The maximum Gasteiger partial charge on any atom is 0.261 e. The summed E-state index contributed by atoms with van der Waals surface area (Å²) in [6.07, 6.45) is 2.00. The van der Waals surface area contributed by atoms with Crippen LogP contribution in [0.2, 0.25) is 0 Å². The Kier molecular flexibility index (Phi) is 5.82. The molecule has 0 bridgehead atoms. The van der Waals surface area contributed by atoms with Crippen LogP contribution in [-0.2, 0) is 14.8 Å². The molecule has 1 atom stereocenters. The average Bonchev–Trinajstić information content (AvgIpc) is 3.15.